The third-order valence-electron chi connectivity index (χ3n) is 3.57. The smallest absolute Gasteiger partial charge is 0.282 e. The largest absolute Gasteiger partial charge is 0.337 e. The molecule has 1 amide bonds. The van der Waals surface area contributed by atoms with Crippen LogP contribution in [-0.4, -0.2) is 53.9 Å². The number of halogens is 1. The van der Waals surface area contributed by atoms with E-state index < -0.39 is 4.92 Å². The van der Waals surface area contributed by atoms with Crippen LogP contribution in [0, 0.1) is 10.1 Å². The maximum absolute atomic E-state index is 12.4. The maximum Gasteiger partial charge on any atom is 0.282 e. The minimum Gasteiger partial charge on any atom is -0.337 e. The Kier molecular flexibility index (Phi) is 4.25. The zero-order chi connectivity index (χ0) is 14.9. The fourth-order valence-corrected chi connectivity index (χ4v) is 2.53. The van der Waals surface area contributed by atoms with E-state index in [1.54, 1.807) is 4.90 Å². The van der Waals surface area contributed by atoms with Gasteiger partial charge in [-0.3, -0.25) is 14.9 Å². The SMILES string of the molecule is CN(C)C1CCN(C(=O)c2cc(Cl)ccc2[N+](=O)[O-])C1. The monoisotopic (exact) mass is 297 g/mol. The fourth-order valence-electron chi connectivity index (χ4n) is 2.36. The number of nitro benzene ring substituents is 1. The Bertz CT molecular complexity index is 548. The van der Waals surface area contributed by atoms with Gasteiger partial charge in [-0.2, -0.15) is 0 Å². The number of rotatable bonds is 3. The van der Waals surface area contributed by atoms with Crippen molar-refractivity contribution >= 4 is 23.2 Å². The fraction of sp³-hybridized carbons (Fsp3) is 0.462. The van der Waals surface area contributed by atoms with Crippen molar-refractivity contribution in [2.24, 2.45) is 0 Å². The first-order valence-corrected chi connectivity index (χ1v) is 6.67. The molecule has 1 fully saturated rings. The Morgan fingerprint density at radius 1 is 1.50 bits per heavy atom. The van der Waals surface area contributed by atoms with Crippen molar-refractivity contribution in [2.75, 3.05) is 27.2 Å². The van der Waals surface area contributed by atoms with Crippen LogP contribution in [0.4, 0.5) is 5.69 Å². The van der Waals surface area contributed by atoms with Gasteiger partial charge in [0.2, 0.25) is 0 Å². The summed E-state index contributed by atoms with van der Waals surface area (Å²) in [6, 6.07) is 4.35. The normalized spacial score (nSPS) is 18.6. The first-order valence-electron chi connectivity index (χ1n) is 6.30. The van der Waals surface area contributed by atoms with E-state index in [4.69, 9.17) is 11.6 Å². The Morgan fingerprint density at radius 2 is 2.20 bits per heavy atom. The Balaban J connectivity index is 2.26. The van der Waals surface area contributed by atoms with Crippen molar-refractivity contribution in [3.8, 4) is 0 Å². The van der Waals surface area contributed by atoms with Crippen molar-refractivity contribution in [1.29, 1.82) is 0 Å². The van der Waals surface area contributed by atoms with Gasteiger partial charge >= 0.3 is 0 Å². The van der Waals surface area contributed by atoms with Crippen molar-refractivity contribution in [1.82, 2.24) is 9.80 Å². The first kappa shape index (κ1) is 14.7. The molecule has 0 aliphatic carbocycles. The van der Waals surface area contributed by atoms with Crippen molar-refractivity contribution in [3.63, 3.8) is 0 Å². The van der Waals surface area contributed by atoms with Gasteiger partial charge in [-0.1, -0.05) is 11.6 Å². The van der Waals surface area contributed by atoms with Gasteiger partial charge in [0, 0.05) is 30.2 Å². The van der Waals surface area contributed by atoms with Crippen molar-refractivity contribution in [2.45, 2.75) is 12.5 Å². The molecule has 1 unspecified atom stereocenters. The van der Waals surface area contributed by atoms with Crippen LogP contribution in [0.3, 0.4) is 0 Å². The summed E-state index contributed by atoms with van der Waals surface area (Å²) in [5.41, 5.74) is -0.144. The van der Waals surface area contributed by atoms with Gasteiger partial charge in [0.05, 0.1) is 4.92 Å². The van der Waals surface area contributed by atoms with Crippen LogP contribution >= 0.6 is 11.6 Å². The highest BCUT2D eigenvalue weighted by Gasteiger charge is 2.31. The highest BCUT2D eigenvalue weighted by Crippen LogP contribution is 2.26. The molecule has 1 aliphatic heterocycles. The van der Waals surface area contributed by atoms with E-state index in [1.807, 2.05) is 14.1 Å². The van der Waals surface area contributed by atoms with Crippen LogP contribution in [-0.2, 0) is 0 Å². The second kappa shape index (κ2) is 5.76. The Morgan fingerprint density at radius 3 is 2.75 bits per heavy atom. The topological polar surface area (TPSA) is 66.7 Å². The Labute approximate surface area is 122 Å². The number of likely N-dealkylation sites (tertiary alicyclic amines) is 1. The van der Waals surface area contributed by atoms with Gasteiger partial charge in [-0.15, -0.1) is 0 Å². The summed E-state index contributed by atoms with van der Waals surface area (Å²) in [6.07, 6.45) is 0.868. The summed E-state index contributed by atoms with van der Waals surface area (Å²) in [5.74, 6) is -0.330. The highest BCUT2D eigenvalue weighted by atomic mass is 35.5. The second-order valence-electron chi connectivity index (χ2n) is 5.08. The highest BCUT2D eigenvalue weighted by molar-refractivity contribution is 6.31. The molecule has 7 heteroatoms. The minimum absolute atomic E-state index is 0.0573. The number of nitro groups is 1. The first-order chi connectivity index (χ1) is 9.40. The van der Waals surface area contributed by atoms with Crippen LogP contribution in [0.5, 0.6) is 0 Å². The summed E-state index contributed by atoms with van der Waals surface area (Å²) >= 11 is 5.85. The zero-order valence-corrected chi connectivity index (χ0v) is 12.1. The molecule has 20 heavy (non-hydrogen) atoms. The number of carbonyl (C=O) groups excluding carboxylic acids is 1. The van der Waals surface area contributed by atoms with E-state index >= 15 is 0 Å². The average molecular weight is 298 g/mol. The van der Waals surface area contributed by atoms with E-state index in [9.17, 15) is 14.9 Å². The second-order valence-corrected chi connectivity index (χ2v) is 5.51. The lowest BCUT2D eigenvalue weighted by molar-refractivity contribution is -0.385. The molecule has 0 radical (unpaired) electrons. The quantitative estimate of drug-likeness (QED) is 0.632. The zero-order valence-electron chi connectivity index (χ0n) is 11.4. The van der Waals surface area contributed by atoms with E-state index in [-0.39, 0.29) is 23.2 Å². The summed E-state index contributed by atoms with van der Waals surface area (Å²) in [6.45, 7) is 1.18. The van der Waals surface area contributed by atoms with Gasteiger partial charge in [0.15, 0.2) is 0 Å². The molecule has 1 aliphatic rings. The molecule has 1 heterocycles. The molecule has 0 bridgehead atoms. The van der Waals surface area contributed by atoms with Gasteiger partial charge in [0.1, 0.15) is 5.56 Å². The Hall–Kier alpha value is -1.66. The lowest BCUT2D eigenvalue weighted by Crippen LogP contribution is -2.34. The molecule has 0 saturated carbocycles. The van der Waals surface area contributed by atoms with Crippen molar-refractivity contribution < 1.29 is 9.72 Å². The molecule has 2 rings (SSSR count). The number of hydrogen-bond donors (Lipinski definition) is 0. The molecular formula is C13H16ClN3O3. The third-order valence-corrected chi connectivity index (χ3v) is 3.80. The number of carbonyl (C=O) groups is 1. The molecule has 1 aromatic carbocycles. The molecule has 0 aromatic heterocycles. The lowest BCUT2D eigenvalue weighted by atomic mass is 10.1. The van der Waals surface area contributed by atoms with Crippen LogP contribution in [0.2, 0.25) is 5.02 Å². The summed E-state index contributed by atoms with van der Waals surface area (Å²) in [4.78, 5) is 26.6. The van der Waals surface area contributed by atoms with Gasteiger partial charge in [-0.25, -0.2) is 0 Å². The van der Waals surface area contributed by atoms with Gasteiger partial charge in [-0.05, 0) is 32.6 Å². The molecule has 1 aromatic rings. The predicted octanol–water partition coefficient (Wildman–Crippen LogP) is 2.02. The van der Waals surface area contributed by atoms with Crippen LogP contribution in [0.1, 0.15) is 16.8 Å². The summed E-state index contributed by atoms with van der Waals surface area (Å²) in [7, 11) is 3.92. The lowest BCUT2D eigenvalue weighted by Gasteiger charge is -2.20. The maximum atomic E-state index is 12.4. The molecule has 1 saturated heterocycles. The van der Waals surface area contributed by atoms with Crippen LogP contribution in [0.25, 0.3) is 0 Å². The summed E-state index contributed by atoms with van der Waals surface area (Å²) < 4.78 is 0. The molecule has 0 N–H and O–H groups in total. The molecule has 6 nitrogen and oxygen atoms in total. The number of nitrogens with zero attached hydrogens (tertiary/aromatic N) is 3. The standard InChI is InChI=1S/C13H16ClN3O3/c1-15(2)10-5-6-16(8-10)13(18)11-7-9(14)3-4-12(11)17(19)20/h3-4,7,10H,5-6,8H2,1-2H3. The van der Waals surface area contributed by atoms with Crippen LogP contribution < -0.4 is 0 Å². The number of hydrogen-bond acceptors (Lipinski definition) is 4. The van der Waals surface area contributed by atoms with E-state index in [0.29, 0.717) is 18.1 Å². The number of benzene rings is 1. The molecule has 108 valence electrons. The molecular weight excluding hydrogens is 282 g/mol. The molecule has 1 atom stereocenters. The predicted molar refractivity (Wildman–Crippen MR) is 76.1 cm³/mol. The average Bonchev–Trinajstić information content (AvgIpc) is 2.87. The number of likely N-dealkylation sites (N-methyl/N-ethyl adjacent to an activating group) is 1. The molecule has 0 spiro atoms. The number of amides is 1. The van der Waals surface area contributed by atoms with Gasteiger partial charge in [0.25, 0.3) is 11.6 Å². The third kappa shape index (κ3) is 2.91. The minimum atomic E-state index is -0.553. The van der Waals surface area contributed by atoms with Crippen molar-refractivity contribution in [3.05, 3.63) is 38.9 Å². The van der Waals surface area contributed by atoms with Gasteiger partial charge < -0.3 is 9.80 Å². The van der Waals surface area contributed by atoms with E-state index in [1.165, 1.54) is 18.2 Å². The van der Waals surface area contributed by atoms with Crippen LogP contribution in [0.15, 0.2) is 18.2 Å². The van der Waals surface area contributed by atoms with E-state index in [0.717, 1.165) is 6.42 Å². The summed E-state index contributed by atoms with van der Waals surface area (Å²) in [5, 5.41) is 11.3. The van der Waals surface area contributed by atoms with E-state index in [2.05, 4.69) is 4.90 Å².